The van der Waals surface area contributed by atoms with Gasteiger partial charge in [-0.25, -0.2) is 0 Å². The summed E-state index contributed by atoms with van der Waals surface area (Å²) in [6, 6.07) is 0. The molecule has 0 aromatic rings. The lowest BCUT2D eigenvalue weighted by Gasteiger charge is -2.26. The van der Waals surface area contributed by atoms with E-state index in [4.69, 9.17) is 4.74 Å². The van der Waals surface area contributed by atoms with E-state index >= 15 is 0 Å². The molecule has 16 heavy (non-hydrogen) atoms. The van der Waals surface area contributed by atoms with Gasteiger partial charge < -0.3 is 9.64 Å². The van der Waals surface area contributed by atoms with E-state index in [1.165, 1.54) is 45.2 Å². The molecule has 96 valence electrons. The van der Waals surface area contributed by atoms with Crippen LogP contribution in [-0.4, -0.2) is 37.7 Å². The molecule has 2 nitrogen and oxygen atoms in total. The molecule has 0 radical (unpaired) electrons. The molecule has 0 N–H and O–H groups in total. The fourth-order valence-electron chi connectivity index (χ4n) is 2.00. The molecule has 0 unspecified atom stereocenters. The Hall–Kier alpha value is -0.0800. The second-order valence-electron chi connectivity index (χ2n) is 5.78. The molecular weight excluding hydrogens is 198 g/mol. The topological polar surface area (TPSA) is 12.5 Å². The minimum atomic E-state index is 0.450. The van der Waals surface area contributed by atoms with Gasteiger partial charge in [0.2, 0.25) is 0 Å². The summed E-state index contributed by atoms with van der Waals surface area (Å²) >= 11 is 0. The third-order valence-corrected chi connectivity index (χ3v) is 3.88. The van der Waals surface area contributed by atoms with E-state index in [0.29, 0.717) is 5.41 Å². The van der Waals surface area contributed by atoms with E-state index < -0.39 is 0 Å². The molecule has 0 aromatic heterocycles. The van der Waals surface area contributed by atoms with Crippen LogP contribution < -0.4 is 0 Å². The first kappa shape index (κ1) is 14.0. The van der Waals surface area contributed by atoms with Crippen molar-refractivity contribution in [2.45, 2.75) is 52.9 Å². The SMILES string of the molecule is CCC(C)(C)CCOCCN1CCCCC1. The monoisotopic (exact) mass is 227 g/mol. The molecule has 2 heteroatoms. The number of hydrogen-bond donors (Lipinski definition) is 0. The molecule has 1 aliphatic heterocycles. The van der Waals surface area contributed by atoms with Crippen LogP contribution >= 0.6 is 0 Å². The van der Waals surface area contributed by atoms with Gasteiger partial charge in [-0.3, -0.25) is 0 Å². The Labute approximate surface area is 101 Å². The zero-order valence-corrected chi connectivity index (χ0v) is 11.4. The maximum Gasteiger partial charge on any atom is 0.0593 e. The zero-order chi connectivity index (χ0) is 11.9. The van der Waals surface area contributed by atoms with Crippen molar-refractivity contribution < 1.29 is 4.74 Å². The summed E-state index contributed by atoms with van der Waals surface area (Å²) in [5.41, 5.74) is 0.450. The van der Waals surface area contributed by atoms with Gasteiger partial charge in [-0.05, 0) is 37.8 Å². The first-order valence-corrected chi connectivity index (χ1v) is 6.94. The Morgan fingerprint density at radius 2 is 1.75 bits per heavy atom. The third kappa shape index (κ3) is 5.86. The lowest BCUT2D eigenvalue weighted by molar-refractivity contribution is 0.0765. The van der Waals surface area contributed by atoms with Crippen molar-refractivity contribution in [3.05, 3.63) is 0 Å². The summed E-state index contributed by atoms with van der Waals surface area (Å²) in [5.74, 6) is 0. The molecular formula is C14H29NO. The molecule has 0 spiro atoms. The Bertz CT molecular complexity index is 174. The van der Waals surface area contributed by atoms with E-state index in [0.717, 1.165) is 19.8 Å². The Kier molecular flexibility index (Phi) is 6.37. The first-order valence-electron chi connectivity index (χ1n) is 6.94. The van der Waals surface area contributed by atoms with Crippen LogP contribution in [0.5, 0.6) is 0 Å². The average Bonchev–Trinajstić information content (AvgIpc) is 2.30. The maximum absolute atomic E-state index is 5.73. The predicted octanol–water partition coefficient (Wildman–Crippen LogP) is 3.32. The second-order valence-corrected chi connectivity index (χ2v) is 5.78. The van der Waals surface area contributed by atoms with Gasteiger partial charge in [-0.15, -0.1) is 0 Å². The zero-order valence-electron chi connectivity index (χ0n) is 11.4. The molecule has 0 atom stereocenters. The minimum Gasteiger partial charge on any atom is -0.380 e. The van der Waals surface area contributed by atoms with Crippen molar-refractivity contribution in [3.63, 3.8) is 0 Å². The largest absolute Gasteiger partial charge is 0.380 e. The predicted molar refractivity (Wildman–Crippen MR) is 69.8 cm³/mol. The summed E-state index contributed by atoms with van der Waals surface area (Å²) in [5, 5.41) is 0. The number of hydrogen-bond acceptors (Lipinski definition) is 2. The summed E-state index contributed by atoms with van der Waals surface area (Å²) in [6.07, 6.45) is 6.60. The van der Waals surface area contributed by atoms with Gasteiger partial charge in [0.05, 0.1) is 6.61 Å². The van der Waals surface area contributed by atoms with E-state index in [-0.39, 0.29) is 0 Å². The summed E-state index contributed by atoms with van der Waals surface area (Å²) < 4.78 is 5.73. The van der Waals surface area contributed by atoms with Crippen LogP contribution in [0.4, 0.5) is 0 Å². The molecule has 0 aliphatic carbocycles. The molecule has 0 saturated carbocycles. The van der Waals surface area contributed by atoms with Crippen molar-refractivity contribution in [2.75, 3.05) is 32.8 Å². The maximum atomic E-state index is 5.73. The van der Waals surface area contributed by atoms with Gasteiger partial charge in [0, 0.05) is 13.2 Å². The Balaban J connectivity index is 1.95. The highest BCUT2D eigenvalue weighted by atomic mass is 16.5. The molecule has 1 saturated heterocycles. The van der Waals surface area contributed by atoms with Gasteiger partial charge in [-0.2, -0.15) is 0 Å². The summed E-state index contributed by atoms with van der Waals surface area (Å²) in [4.78, 5) is 2.54. The van der Waals surface area contributed by atoms with Gasteiger partial charge >= 0.3 is 0 Å². The van der Waals surface area contributed by atoms with Gasteiger partial charge in [0.15, 0.2) is 0 Å². The average molecular weight is 227 g/mol. The number of piperidine rings is 1. The molecule has 1 heterocycles. The van der Waals surface area contributed by atoms with Crippen molar-refractivity contribution in [2.24, 2.45) is 5.41 Å². The van der Waals surface area contributed by atoms with Crippen LogP contribution in [0.1, 0.15) is 52.9 Å². The molecule has 1 aliphatic rings. The van der Waals surface area contributed by atoms with Crippen molar-refractivity contribution >= 4 is 0 Å². The molecule has 0 aromatic carbocycles. The minimum absolute atomic E-state index is 0.450. The molecule has 0 bridgehead atoms. The first-order chi connectivity index (χ1) is 7.64. The number of ether oxygens (including phenoxy) is 1. The van der Waals surface area contributed by atoms with E-state index in [2.05, 4.69) is 25.7 Å². The molecule has 1 rings (SSSR count). The lowest BCUT2D eigenvalue weighted by atomic mass is 9.87. The smallest absolute Gasteiger partial charge is 0.0593 e. The highest BCUT2D eigenvalue weighted by Gasteiger charge is 2.14. The van der Waals surface area contributed by atoms with E-state index in [9.17, 15) is 0 Å². The summed E-state index contributed by atoms with van der Waals surface area (Å²) in [6.45, 7) is 12.4. The van der Waals surface area contributed by atoms with Gasteiger partial charge in [-0.1, -0.05) is 33.6 Å². The summed E-state index contributed by atoms with van der Waals surface area (Å²) in [7, 11) is 0. The van der Waals surface area contributed by atoms with Gasteiger partial charge in [0.25, 0.3) is 0 Å². The van der Waals surface area contributed by atoms with E-state index in [1.54, 1.807) is 0 Å². The highest BCUT2D eigenvalue weighted by molar-refractivity contribution is 4.66. The lowest BCUT2D eigenvalue weighted by Crippen LogP contribution is -2.32. The van der Waals surface area contributed by atoms with Crippen LogP contribution in [0, 0.1) is 5.41 Å². The van der Waals surface area contributed by atoms with Crippen LogP contribution in [0.2, 0.25) is 0 Å². The normalized spacial score (nSPS) is 18.9. The third-order valence-electron chi connectivity index (χ3n) is 3.88. The van der Waals surface area contributed by atoms with Crippen molar-refractivity contribution in [1.82, 2.24) is 4.90 Å². The second kappa shape index (κ2) is 7.29. The van der Waals surface area contributed by atoms with Gasteiger partial charge in [0.1, 0.15) is 0 Å². The molecule has 0 amide bonds. The van der Waals surface area contributed by atoms with Crippen LogP contribution in [-0.2, 0) is 4.74 Å². The number of nitrogens with zero attached hydrogens (tertiary/aromatic N) is 1. The highest BCUT2D eigenvalue weighted by Crippen LogP contribution is 2.23. The fraction of sp³-hybridized carbons (Fsp3) is 1.00. The van der Waals surface area contributed by atoms with Crippen LogP contribution in [0.15, 0.2) is 0 Å². The van der Waals surface area contributed by atoms with E-state index in [1.807, 2.05) is 0 Å². The molecule has 1 fully saturated rings. The Morgan fingerprint density at radius 3 is 2.38 bits per heavy atom. The van der Waals surface area contributed by atoms with Crippen molar-refractivity contribution in [1.29, 1.82) is 0 Å². The number of likely N-dealkylation sites (tertiary alicyclic amines) is 1. The quantitative estimate of drug-likeness (QED) is 0.619. The van der Waals surface area contributed by atoms with Crippen LogP contribution in [0.25, 0.3) is 0 Å². The fourth-order valence-corrected chi connectivity index (χ4v) is 2.00. The Morgan fingerprint density at radius 1 is 1.06 bits per heavy atom. The van der Waals surface area contributed by atoms with Crippen LogP contribution in [0.3, 0.4) is 0 Å². The standard InChI is InChI=1S/C14H29NO/c1-4-14(2,3)8-12-16-13-11-15-9-6-5-7-10-15/h4-13H2,1-3H3. The van der Waals surface area contributed by atoms with Crippen molar-refractivity contribution in [3.8, 4) is 0 Å². The number of rotatable bonds is 7.